The molecule has 0 aliphatic rings. The van der Waals surface area contributed by atoms with E-state index in [2.05, 4.69) is 20.6 Å². The first-order valence-corrected chi connectivity index (χ1v) is 8.57. The van der Waals surface area contributed by atoms with Gasteiger partial charge in [-0.1, -0.05) is 16.7 Å². The second kappa shape index (κ2) is 6.39. The number of amides is 1. The third kappa shape index (κ3) is 2.89. The van der Waals surface area contributed by atoms with Crippen LogP contribution in [0.1, 0.15) is 10.5 Å². The van der Waals surface area contributed by atoms with Crippen molar-refractivity contribution < 1.29 is 9.18 Å². The summed E-state index contributed by atoms with van der Waals surface area (Å²) >= 11 is 1.12. The third-order valence-electron chi connectivity index (χ3n) is 3.92. The SMILES string of the molecule is Cn1nnc2c(C(=O)NCCn3sc4cc(F)ccc4c3=O)ncn2c1=O. The van der Waals surface area contributed by atoms with Crippen molar-refractivity contribution in [2.75, 3.05) is 6.54 Å². The van der Waals surface area contributed by atoms with Gasteiger partial charge in [-0.25, -0.2) is 18.6 Å². The Kier molecular flexibility index (Phi) is 4.03. The smallest absolute Gasteiger partial charge is 0.349 e. The van der Waals surface area contributed by atoms with Crippen LogP contribution in [0.5, 0.6) is 0 Å². The molecule has 3 heterocycles. The van der Waals surface area contributed by atoms with E-state index >= 15 is 0 Å². The van der Waals surface area contributed by atoms with Crippen LogP contribution in [0.25, 0.3) is 15.7 Å². The molecule has 27 heavy (non-hydrogen) atoms. The molecule has 0 aliphatic heterocycles. The molecule has 0 atom stereocenters. The molecule has 3 aromatic heterocycles. The van der Waals surface area contributed by atoms with Crippen LogP contribution in [-0.2, 0) is 13.6 Å². The minimum Gasteiger partial charge on any atom is -0.349 e. The van der Waals surface area contributed by atoms with E-state index in [9.17, 15) is 18.8 Å². The molecule has 12 heteroatoms. The zero-order valence-corrected chi connectivity index (χ0v) is 14.7. The number of imidazole rings is 1. The van der Waals surface area contributed by atoms with E-state index < -0.39 is 17.4 Å². The quantitative estimate of drug-likeness (QED) is 0.515. The van der Waals surface area contributed by atoms with Crippen LogP contribution >= 0.6 is 11.5 Å². The van der Waals surface area contributed by atoms with E-state index in [-0.39, 0.29) is 30.0 Å². The van der Waals surface area contributed by atoms with Crippen LogP contribution in [0.15, 0.2) is 34.1 Å². The monoisotopic (exact) mass is 389 g/mol. The molecular weight excluding hydrogens is 377 g/mol. The Morgan fingerprint density at radius 3 is 2.96 bits per heavy atom. The van der Waals surface area contributed by atoms with Crippen molar-refractivity contribution in [3.8, 4) is 0 Å². The topological polar surface area (TPSA) is 116 Å². The van der Waals surface area contributed by atoms with Crippen LogP contribution in [0.4, 0.5) is 4.39 Å². The second-order valence-electron chi connectivity index (χ2n) is 5.68. The molecule has 0 aliphatic carbocycles. The van der Waals surface area contributed by atoms with Crippen LogP contribution in [-0.4, -0.2) is 40.8 Å². The van der Waals surface area contributed by atoms with Crippen LogP contribution in [0.3, 0.4) is 0 Å². The molecule has 10 nitrogen and oxygen atoms in total. The van der Waals surface area contributed by atoms with Crippen LogP contribution in [0, 0.1) is 5.82 Å². The molecule has 0 bridgehead atoms. The summed E-state index contributed by atoms with van der Waals surface area (Å²) in [4.78, 5) is 40.4. The molecule has 4 rings (SSSR count). The molecule has 1 amide bonds. The third-order valence-corrected chi connectivity index (χ3v) is 5.03. The Morgan fingerprint density at radius 2 is 2.15 bits per heavy atom. The fourth-order valence-electron chi connectivity index (χ4n) is 2.59. The molecule has 0 unspecified atom stereocenters. The van der Waals surface area contributed by atoms with Crippen molar-refractivity contribution in [2.24, 2.45) is 7.05 Å². The van der Waals surface area contributed by atoms with E-state index in [1.165, 1.54) is 35.5 Å². The van der Waals surface area contributed by atoms with Gasteiger partial charge in [0.25, 0.3) is 11.5 Å². The Balaban J connectivity index is 1.51. The Bertz CT molecular complexity index is 1300. The summed E-state index contributed by atoms with van der Waals surface area (Å²) in [6.45, 7) is 0.357. The molecule has 138 valence electrons. The molecule has 0 saturated heterocycles. The number of aromatic nitrogens is 6. The van der Waals surface area contributed by atoms with Gasteiger partial charge in [-0.2, -0.15) is 4.68 Å². The average Bonchev–Trinajstić information content (AvgIpc) is 3.20. The molecule has 0 saturated carbocycles. The first-order chi connectivity index (χ1) is 13.0. The first-order valence-electron chi connectivity index (χ1n) is 7.80. The number of rotatable bonds is 4. The highest BCUT2D eigenvalue weighted by Gasteiger charge is 2.17. The van der Waals surface area contributed by atoms with Gasteiger partial charge in [-0.3, -0.25) is 13.5 Å². The largest absolute Gasteiger partial charge is 0.352 e. The number of nitrogens with zero attached hydrogens (tertiary/aromatic N) is 6. The number of fused-ring (bicyclic) bond motifs is 2. The number of carbonyl (C=O) groups excluding carboxylic acids is 1. The Labute approximate surface area is 153 Å². The van der Waals surface area contributed by atoms with E-state index in [4.69, 9.17) is 0 Å². The summed E-state index contributed by atoms with van der Waals surface area (Å²) in [6.07, 6.45) is 1.20. The number of hydrogen-bond acceptors (Lipinski definition) is 7. The van der Waals surface area contributed by atoms with Crippen LogP contribution in [0.2, 0.25) is 0 Å². The maximum atomic E-state index is 13.3. The van der Waals surface area contributed by atoms with Crippen LogP contribution < -0.4 is 16.6 Å². The van der Waals surface area contributed by atoms with Gasteiger partial charge < -0.3 is 5.32 Å². The van der Waals surface area contributed by atoms with Gasteiger partial charge in [0.1, 0.15) is 12.1 Å². The van der Waals surface area contributed by atoms with Gasteiger partial charge in [0.15, 0.2) is 11.3 Å². The fraction of sp³-hybridized carbons (Fsp3) is 0.200. The number of benzene rings is 1. The summed E-state index contributed by atoms with van der Waals surface area (Å²) in [6, 6.07) is 3.97. The lowest BCUT2D eigenvalue weighted by atomic mass is 10.3. The van der Waals surface area contributed by atoms with Gasteiger partial charge in [-0.05, 0) is 18.2 Å². The van der Waals surface area contributed by atoms with E-state index in [0.29, 0.717) is 10.1 Å². The van der Waals surface area contributed by atoms with Crippen molar-refractivity contribution in [3.05, 3.63) is 56.9 Å². The molecule has 0 spiro atoms. The zero-order valence-electron chi connectivity index (χ0n) is 13.9. The van der Waals surface area contributed by atoms with Crippen molar-refractivity contribution in [1.82, 2.24) is 33.7 Å². The average molecular weight is 389 g/mol. The van der Waals surface area contributed by atoms with Crippen molar-refractivity contribution in [2.45, 2.75) is 6.54 Å². The highest BCUT2D eigenvalue weighted by atomic mass is 32.1. The lowest BCUT2D eigenvalue weighted by Gasteiger charge is -2.03. The summed E-state index contributed by atoms with van der Waals surface area (Å²) in [5.41, 5.74) is -0.710. The first kappa shape index (κ1) is 17.0. The summed E-state index contributed by atoms with van der Waals surface area (Å²) in [5, 5.41) is 10.5. The number of nitrogens with one attached hydrogen (secondary N) is 1. The molecule has 4 aromatic rings. The number of halogens is 1. The molecule has 1 aromatic carbocycles. The predicted molar refractivity (Wildman–Crippen MR) is 94.4 cm³/mol. The van der Waals surface area contributed by atoms with Gasteiger partial charge in [0.05, 0.1) is 16.6 Å². The highest BCUT2D eigenvalue weighted by molar-refractivity contribution is 7.13. The number of carbonyl (C=O) groups is 1. The predicted octanol–water partition coefficient (Wildman–Crippen LogP) is -0.232. The molecule has 0 fully saturated rings. The van der Waals surface area contributed by atoms with Crippen molar-refractivity contribution >= 4 is 33.2 Å². The van der Waals surface area contributed by atoms with Crippen molar-refractivity contribution in [3.63, 3.8) is 0 Å². The minimum atomic E-state index is -0.541. The van der Waals surface area contributed by atoms with Crippen molar-refractivity contribution in [1.29, 1.82) is 0 Å². The molecular formula is C15H12FN7O3S. The fourth-order valence-corrected chi connectivity index (χ4v) is 3.61. The molecule has 1 N–H and O–H groups in total. The maximum absolute atomic E-state index is 13.3. The normalized spacial score (nSPS) is 11.3. The van der Waals surface area contributed by atoms with E-state index in [1.807, 2.05) is 0 Å². The Morgan fingerprint density at radius 1 is 1.33 bits per heavy atom. The Hall–Kier alpha value is -3.41. The lowest BCUT2D eigenvalue weighted by Crippen LogP contribution is -2.30. The van der Waals surface area contributed by atoms with Gasteiger partial charge in [-0.15, -0.1) is 5.10 Å². The summed E-state index contributed by atoms with van der Waals surface area (Å²) in [7, 11) is 1.43. The van der Waals surface area contributed by atoms with E-state index in [1.54, 1.807) is 0 Å². The lowest BCUT2D eigenvalue weighted by molar-refractivity contribution is 0.0949. The zero-order chi connectivity index (χ0) is 19.1. The number of hydrogen-bond donors (Lipinski definition) is 1. The van der Waals surface area contributed by atoms with Gasteiger partial charge >= 0.3 is 5.69 Å². The standard InChI is InChI=1S/C15H12FN7O3S/c1-21-15(26)22-7-18-11(12(22)19-20-21)13(24)17-4-5-23-14(25)9-3-2-8(16)6-10(9)27-23/h2-3,6-7H,4-5H2,1H3,(H,17,24). The van der Waals surface area contributed by atoms with Gasteiger partial charge in [0, 0.05) is 13.6 Å². The highest BCUT2D eigenvalue weighted by Crippen LogP contribution is 2.17. The second-order valence-corrected chi connectivity index (χ2v) is 6.74. The van der Waals surface area contributed by atoms with E-state index in [0.717, 1.165) is 20.6 Å². The summed E-state index contributed by atoms with van der Waals surface area (Å²) < 4.78 is 17.4. The maximum Gasteiger partial charge on any atom is 0.352 e. The summed E-state index contributed by atoms with van der Waals surface area (Å²) in [5.74, 6) is -0.955. The minimum absolute atomic E-state index is 0.0361. The molecule has 0 radical (unpaired) electrons. The van der Waals surface area contributed by atoms with Gasteiger partial charge in [0.2, 0.25) is 0 Å². The number of aryl methyl sites for hydroxylation is 1.